The maximum absolute atomic E-state index is 11.2. The van der Waals surface area contributed by atoms with Crippen molar-refractivity contribution in [3.63, 3.8) is 0 Å². The number of ether oxygens (including phenoxy) is 1. The van der Waals surface area contributed by atoms with E-state index in [1.54, 1.807) is 0 Å². The summed E-state index contributed by atoms with van der Waals surface area (Å²) in [4.78, 5) is 22.3. The number of carbonyl (C=O) groups is 2. The number of aliphatic hydroxyl groups is 1. The highest BCUT2D eigenvalue weighted by Crippen LogP contribution is 2.24. The molecule has 4 N–H and O–H groups in total. The molecule has 0 heterocycles. The molecule has 8 heteroatoms. The van der Waals surface area contributed by atoms with Gasteiger partial charge in [-0.15, -0.1) is 5.23 Å². The van der Waals surface area contributed by atoms with E-state index in [-0.39, 0.29) is 16.8 Å². The molecule has 1 aromatic rings. The van der Waals surface area contributed by atoms with E-state index in [2.05, 4.69) is 5.32 Å². The molecule has 1 amide bonds. The van der Waals surface area contributed by atoms with Crippen LogP contribution < -0.4 is 10.5 Å². The number of rotatable bonds is 6. The largest absolute Gasteiger partial charge is 0.455 e. The van der Waals surface area contributed by atoms with Crippen LogP contribution in [0, 0.1) is 0 Å². The second-order valence-corrected chi connectivity index (χ2v) is 4.40. The summed E-state index contributed by atoms with van der Waals surface area (Å²) in [5.41, 5.74) is 0.601. The lowest BCUT2D eigenvalue weighted by Gasteiger charge is -2.26. The van der Waals surface area contributed by atoms with Crippen molar-refractivity contribution in [1.82, 2.24) is 5.32 Å². The molecule has 8 nitrogen and oxygen atoms in total. The van der Waals surface area contributed by atoms with Crippen molar-refractivity contribution >= 4 is 17.6 Å². The van der Waals surface area contributed by atoms with Crippen molar-refractivity contribution in [2.45, 2.75) is 26.0 Å². The molecule has 0 saturated carbocycles. The number of nitrogens with zero attached hydrogens (tertiary/aromatic N) is 1. The summed E-state index contributed by atoms with van der Waals surface area (Å²) in [6.07, 6.45) is -0.892. The number of esters is 1. The maximum atomic E-state index is 11.2. The number of anilines is 1. The zero-order valence-electron chi connectivity index (χ0n) is 11.7. The second kappa shape index (κ2) is 7.58. The van der Waals surface area contributed by atoms with E-state index >= 15 is 0 Å². The highest BCUT2D eigenvalue weighted by molar-refractivity contribution is 5.73. The van der Waals surface area contributed by atoms with Gasteiger partial charge in [-0.2, -0.15) is 0 Å². The quantitative estimate of drug-likeness (QED) is 0.442. The van der Waals surface area contributed by atoms with Crippen LogP contribution in [0.25, 0.3) is 0 Å². The minimum Gasteiger partial charge on any atom is -0.455 e. The summed E-state index contributed by atoms with van der Waals surface area (Å²) >= 11 is 0. The fraction of sp³-hybridized carbons (Fsp3) is 0.385. The summed E-state index contributed by atoms with van der Waals surface area (Å²) in [6.45, 7) is 2.07. The lowest BCUT2D eigenvalue weighted by molar-refractivity contribution is -0.150. The smallest absolute Gasteiger partial charge is 0.303 e. The predicted molar refractivity (Wildman–Crippen MR) is 71.7 cm³/mol. The van der Waals surface area contributed by atoms with Gasteiger partial charge in [-0.25, -0.2) is 0 Å². The first-order valence-electron chi connectivity index (χ1n) is 6.18. The zero-order chi connectivity index (χ0) is 16.0. The minimum absolute atomic E-state index is 0.0536. The third-order valence-electron chi connectivity index (χ3n) is 2.70. The van der Waals surface area contributed by atoms with Gasteiger partial charge in [-0.05, 0) is 17.7 Å². The van der Waals surface area contributed by atoms with Gasteiger partial charge in [0.2, 0.25) is 5.91 Å². The molecular formula is C13H18N2O6. The highest BCUT2D eigenvalue weighted by Gasteiger charge is 2.26. The number of hydrogen-bond donors (Lipinski definition) is 4. The molecule has 116 valence electrons. The molecule has 0 spiro atoms. The van der Waals surface area contributed by atoms with E-state index in [1.165, 1.54) is 38.1 Å². The molecule has 0 aliphatic heterocycles. The first-order chi connectivity index (χ1) is 9.85. The van der Waals surface area contributed by atoms with E-state index in [9.17, 15) is 14.7 Å². The highest BCUT2D eigenvalue weighted by atomic mass is 16.8. The molecule has 0 aliphatic carbocycles. The van der Waals surface area contributed by atoms with Crippen molar-refractivity contribution in [2.75, 3.05) is 11.8 Å². The summed E-state index contributed by atoms with van der Waals surface area (Å²) in [5, 5.41) is 29.6. The van der Waals surface area contributed by atoms with E-state index in [4.69, 9.17) is 15.2 Å². The van der Waals surface area contributed by atoms with Gasteiger partial charge in [-0.3, -0.25) is 20.0 Å². The summed E-state index contributed by atoms with van der Waals surface area (Å²) in [5.74, 6) is -0.946. The van der Waals surface area contributed by atoms with Crippen molar-refractivity contribution in [3.8, 4) is 0 Å². The summed E-state index contributed by atoms with van der Waals surface area (Å²) < 4.78 is 5.14. The number of hydrogen-bond acceptors (Lipinski definition) is 7. The molecule has 1 rings (SSSR count). The van der Waals surface area contributed by atoms with Gasteiger partial charge in [-0.1, -0.05) is 12.1 Å². The average molecular weight is 298 g/mol. The molecule has 0 aromatic heterocycles. The molecule has 2 atom stereocenters. The number of benzene rings is 1. The Bertz CT molecular complexity index is 488. The summed E-state index contributed by atoms with van der Waals surface area (Å²) in [7, 11) is 0. The van der Waals surface area contributed by atoms with Crippen molar-refractivity contribution < 1.29 is 29.8 Å². The number of amides is 1. The Hall–Kier alpha value is -2.16. The molecule has 2 unspecified atom stereocenters. The Morgan fingerprint density at radius 2 is 1.81 bits per heavy atom. The van der Waals surface area contributed by atoms with Gasteiger partial charge in [0, 0.05) is 13.8 Å². The molecule has 0 bridgehead atoms. The Morgan fingerprint density at radius 3 is 2.19 bits per heavy atom. The number of nitrogens with one attached hydrogen (secondary N) is 1. The van der Waals surface area contributed by atoms with Crippen molar-refractivity contribution in [1.29, 1.82) is 0 Å². The Balaban J connectivity index is 3.05. The molecule has 21 heavy (non-hydrogen) atoms. The Morgan fingerprint density at radius 1 is 1.24 bits per heavy atom. The van der Waals surface area contributed by atoms with Gasteiger partial charge in [0.25, 0.3) is 0 Å². The SMILES string of the molecule is CC(=O)NC(CO)C(OC(C)=O)c1ccc(N(O)O)cc1. The van der Waals surface area contributed by atoms with Gasteiger partial charge < -0.3 is 15.2 Å². The fourth-order valence-electron chi connectivity index (χ4n) is 1.84. The Kier molecular flexibility index (Phi) is 6.10. The van der Waals surface area contributed by atoms with Crippen LogP contribution in [0.15, 0.2) is 24.3 Å². The second-order valence-electron chi connectivity index (χ2n) is 4.40. The third-order valence-corrected chi connectivity index (χ3v) is 2.70. The van der Waals surface area contributed by atoms with Gasteiger partial charge in [0.15, 0.2) is 0 Å². The third kappa shape index (κ3) is 5.03. The molecule has 0 saturated heterocycles. The van der Waals surface area contributed by atoms with Crippen LogP contribution in [0.3, 0.4) is 0 Å². The van der Waals surface area contributed by atoms with Crippen LogP contribution >= 0.6 is 0 Å². The molecular weight excluding hydrogens is 280 g/mol. The standard InChI is InChI=1S/C13H18N2O6/c1-8(17)14-12(7-16)13(21-9(2)18)10-3-5-11(6-4-10)15(19)20/h3-6,12-13,16,19-20H,7H2,1-2H3,(H,14,17). The van der Waals surface area contributed by atoms with Crippen molar-refractivity contribution in [2.24, 2.45) is 0 Å². The number of aliphatic hydroxyl groups excluding tert-OH is 1. The van der Waals surface area contributed by atoms with Gasteiger partial charge in [0.05, 0.1) is 18.3 Å². The Labute approximate surface area is 121 Å². The van der Waals surface area contributed by atoms with Crippen LogP contribution in [0.2, 0.25) is 0 Å². The van der Waals surface area contributed by atoms with Crippen LogP contribution in [0.5, 0.6) is 0 Å². The molecule has 0 radical (unpaired) electrons. The first kappa shape index (κ1) is 16.9. The molecule has 1 aromatic carbocycles. The minimum atomic E-state index is -0.892. The lowest BCUT2D eigenvalue weighted by Crippen LogP contribution is -2.42. The number of carbonyl (C=O) groups excluding carboxylic acids is 2. The summed E-state index contributed by atoms with van der Waals surface area (Å²) in [6, 6.07) is 4.94. The van der Waals surface area contributed by atoms with Crippen LogP contribution in [0.1, 0.15) is 25.5 Å². The van der Waals surface area contributed by atoms with Crippen LogP contribution in [0.4, 0.5) is 5.69 Å². The van der Waals surface area contributed by atoms with E-state index < -0.39 is 24.7 Å². The topological polar surface area (TPSA) is 119 Å². The van der Waals surface area contributed by atoms with Gasteiger partial charge in [0.1, 0.15) is 6.10 Å². The fourth-order valence-corrected chi connectivity index (χ4v) is 1.84. The normalized spacial score (nSPS) is 13.2. The monoisotopic (exact) mass is 298 g/mol. The van der Waals surface area contributed by atoms with Crippen LogP contribution in [-0.2, 0) is 14.3 Å². The van der Waals surface area contributed by atoms with E-state index in [1.807, 2.05) is 0 Å². The molecule has 0 aliphatic rings. The van der Waals surface area contributed by atoms with Crippen molar-refractivity contribution in [3.05, 3.63) is 29.8 Å². The molecule has 0 fully saturated rings. The first-order valence-corrected chi connectivity index (χ1v) is 6.18. The predicted octanol–water partition coefficient (Wildman–Crippen LogP) is 0.373. The van der Waals surface area contributed by atoms with E-state index in [0.717, 1.165) is 0 Å². The average Bonchev–Trinajstić information content (AvgIpc) is 2.42. The zero-order valence-corrected chi connectivity index (χ0v) is 11.7. The maximum Gasteiger partial charge on any atom is 0.303 e. The van der Waals surface area contributed by atoms with Gasteiger partial charge >= 0.3 is 5.97 Å². The van der Waals surface area contributed by atoms with E-state index in [0.29, 0.717) is 5.56 Å². The van der Waals surface area contributed by atoms with Crippen LogP contribution in [-0.4, -0.2) is 40.0 Å². The lowest BCUT2D eigenvalue weighted by atomic mass is 10.0.